The standard InChI is InChI=1S/C12H12BrN5/c13-9-5-15-12(16-6-9)17-10-7-18(8-10)11-3-1-2-4-14-11/h1-6,10H,7-8H2,(H,15,16,17). The van der Waals surface area contributed by atoms with Crippen LogP contribution in [0, 0.1) is 0 Å². The average molecular weight is 306 g/mol. The van der Waals surface area contributed by atoms with Gasteiger partial charge in [-0.1, -0.05) is 6.07 Å². The topological polar surface area (TPSA) is 53.9 Å². The summed E-state index contributed by atoms with van der Waals surface area (Å²) in [4.78, 5) is 14.9. The van der Waals surface area contributed by atoms with E-state index < -0.39 is 0 Å². The third-order valence-electron chi connectivity index (χ3n) is 2.81. The second kappa shape index (κ2) is 4.89. The molecular formula is C12H12BrN5. The molecule has 0 aliphatic carbocycles. The molecule has 2 aromatic rings. The lowest BCUT2D eigenvalue weighted by molar-refractivity contribution is 0.541. The molecule has 3 heterocycles. The van der Waals surface area contributed by atoms with Crippen LogP contribution in [-0.4, -0.2) is 34.1 Å². The molecular weight excluding hydrogens is 294 g/mol. The second-order valence-electron chi connectivity index (χ2n) is 4.16. The summed E-state index contributed by atoms with van der Waals surface area (Å²) in [6.07, 6.45) is 5.29. The first-order valence-electron chi connectivity index (χ1n) is 5.71. The van der Waals surface area contributed by atoms with Crippen molar-refractivity contribution in [1.82, 2.24) is 15.0 Å². The number of hydrogen-bond donors (Lipinski definition) is 1. The average Bonchev–Trinajstić information content (AvgIpc) is 2.36. The Hall–Kier alpha value is -1.69. The van der Waals surface area contributed by atoms with Gasteiger partial charge in [-0.2, -0.15) is 0 Å². The highest BCUT2D eigenvalue weighted by atomic mass is 79.9. The molecule has 3 rings (SSSR count). The van der Waals surface area contributed by atoms with Gasteiger partial charge < -0.3 is 10.2 Å². The Morgan fingerprint density at radius 3 is 2.61 bits per heavy atom. The lowest BCUT2D eigenvalue weighted by atomic mass is 10.1. The van der Waals surface area contributed by atoms with Gasteiger partial charge in [0.15, 0.2) is 0 Å². The zero-order chi connectivity index (χ0) is 12.4. The zero-order valence-corrected chi connectivity index (χ0v) is 11.2. The molecule has 1 fully saturated rings. The van der Waals surface area contributed by atoms with Gasteiger partial charge in [-0.15, -0.1) is 0 Å². The molecule has 1 saturated heterocycles. The van der Waals surface area contributed by atoms with Crippen LogP contribution in [0.25, 0.3) is 0 Å². The summed E-state index contributed by atoms with van der Waals surface area (Å²) in [5.74, 6) is 1.69. The molecule has 1 aliphatic rings. The minimum atomic E-state index is 0.383. The number of nitrogens with zero attached hydrogens (tertiary/aromatic N) is 4. The van der Waals surface area contributed by atoms with Crippen molar-refractivity contribution in [3.63, 3.8) is 0 Å². The predicted octanol–water partition coefficient (Wildman–Crippen LogP) is 1.93. The quantitative estimate of drug-likeness (QED) is 0.939. The molecule has 2 aromatic heterocycles. The number of anilines is 2. The summed E-state index contributed by atoms with van der Waals surface area (Å²) in [5, 5.41) is 3.29. The van der Waals surface area contributed by atoms with E-state index in [1.165, 1.54) is 0 Å². The number of halogens is 1. The Bertz CT molecular complexity index is 510. The van der Waals surface area contributed by atoms with Crippen LogP contribution in [0.15, 0.2) is 41.3 Å². The third-order valence-corrected chi connectivity index (χ3v) is 3.22. The molecule has 0 amide bonds. The van der Waals surface area contributed by atoms with E-state index in [2.05, 4.69) is 41.1 Å². The zero-order valence-electron chi connectivity index (χ0n) is 9.62. The number of rotatable bonds is 3. The summed E-state index contributed by atoms with van der Waals surface area (Å²) in [5.41, 5.74) is 0. The molecule has 0 bridgehead atoms. The van der Waals surface area contributed by atoms with Crippen LogP contribution in [-0.2, 0) is 0 Å². The van der Waals surface area contributed by atoms with Crippen LogP contribution in [0.5, 0.6) is 0 Å². The van der Waals surface area contributed by atoms with E-state index in [-0.39, 0.29) is 0 Å². The van der Waals surface area contributed by atoms with Gasteiger partial charge in [0.05, 0.1) is 10.5 Å². The van der Waals surface area contributed by atoms with Crippen molar-refractivity contribution in [2.45, 2.75) is 6.04 Å². The van der Waals surface area contributed by atoms with Gasteiger partial charge in [0, 0.05) is 31.7 Å². The van der Waals surface area contributed by atoms with Crippen LogP contribution in [0.1, 0.15) is 0 Å². The van der Waals surface area contributed by atoms with E-state index in [0.29, 0.717) is 12.0 Å². The van der Waals surface area contributed by atoms with E-state index in [9.17, 15) is 0 Å². The van der Waals surface area contributed by atoms with Gasteiger partial charge in [-0.3, -0.25) is 0 Å². The highest BCUT2D eigenvalue weighted by Gasteiger charge is 2.27. The molecule has 92 valence electrons. The lowest BCUT2D eigenvalue weighted by Crippen LogP contribution is -2.55. The molecule has 0 atom stereocenters. The van der Waals surface area contributed by atoms with Crippen molar-refractivity contribution < 1.29 is 0 Å². The highest BCUT2D eigenvalue weighted by Crippen LogP contribution is 2.19. The molecule has 0 aromatic carbocycles. The Kier molecular flexibility index (Phi) is 3.10. The predicted molar refractivity (Wildman–Crippen MR) is 73.6 cm³/mol. The number of pyridine rings is 1. The SMILES string of the molecule is Brc1cnc(NC2CN(c3ccccn3)C2)nc1. The first-order valence-corrected chi connectivity index (χ1v) is 6.50. The first kappa shape index (κ1) is 11.4. The van der Waals surface area contributed by atoms with Gasteiger partial charge in [0.1, 0.15) is 5.82 Å². The minimum Gasteiger partial charge on any atom is -0.352 e. The Morgan fingerprint density at radius 2 is 1.94 bits per heavy atom. The van der Waals surface area contributed by atoms with Crippen molar-refractivity contribution >= 4 is 27.7 Å². The maximum absolute atomic E-state index is 4.31. The third kappa shape index (κ3) is 2.43. The lowest BCUT2D eigenvalue weighted by Gasteiger charge is -2.40. The van der Waals surface area contributed by atoms with Crippen LogP contribution in [0.3, 0.4) is 0 Å². The smallest absolute Gasteiger partial charge is 0.222 e. The van der Waals surface area contributed by atoms with E-state index in [1.54, 1.807) is 12.4 Å². The van der Waals surface area contributed by atoms with Crippen LogP contribution in [0.2, 0.25) is 0 Å². The highest BCUT2D eigenvalue weighted by molar-refractivity contribution is 9.10. The monoisotopic (exact) mass is 305 g/mol. The maximum Gasteiger partial charge on any atom is 0.222 e. The molecule has 0 unspecified atom stereocenters. The Morgan fingerprint density at radius 1 is 1.17 bits per heavy atom. The molecule has 0 saturated carbocycles. The molecule has 18 heavy (non-hydrogen) atoms. The number of hydrogen-bond acceptors (Lipinski definition) is 5. The van der Waals surface area contributed by atoms with Crippen molar-refractivity contribution in [2.24, 2.45) is 0 Å². The Labute approximate surface area is 113 Å². The largest absolute Gasteiger partial charge is 0.352 e. The second-order valence-corrected chi connectivity index (χ2v) is 5.07. The molecule has 5 nitrogen and oxygen atoms in total. The van der Waals surface area contributed by atoms with Crippen LogP contribution >= 0.6 is 15.9 Å². The van der Waals surface area contributed by atoms with E-state index in [0.717, 1.165) is 23.4 Å². The molecule has 0 radical (unpaired) electrons. The van der Waals surface area contributed by atoms with E-state index in [4.69, 9.17) is 0 Å². The van der Waals surface area contributed by atoms with Crippen molar-refractivity contribution in [2.75, 3.05) is 23.3 Å². The van der Waals surface area contributed by atoms with Crippen molar-refractivity contribution in [1.29, 1.82) is 0 Å². The van der Waals surface area contributed by atoms with Gasteiger partial charge in [0.25, 0.3) is 0 Å². The maximum atomic E-state index is 4.31. The van der Waals surface area contributed by atoms with Gasteiger partial charge in [-0.25, -0.2) is 15.0 Å². The number of aromatic nitrogens is 3. The van der Waals surface area contributed by atoms with Crippen molar-refractivity contribution in [3.05, 3.63) is 41.3 Å². The van der Waals surface area contributed by atoms with Gasteiger partial charge in [0.2, 0.25) is 5.95 Å². The summed E-state index contributed by atoms with van der Waals surface area (Å²) < 4.78 is 0.886. The number of nitrogens with one attached hydrogen (secondary N) is 1. The molecule has 6 heteroatoms. The molecule has 0 spiro atoms. The summed E-state index contributed by atoms with van der Waals surface area (Å²) in [6.45, 7) is 1.85. The minimum absolute atomic E-state index is 0.383. The summed E-state index contributed by atoms with van der Waals surface area (Å²) >= 11 is 3.31. The summed E-state index contributed by atoms with van der Waals surface area (Å²) in [6, 6.07) is 6.33. The van der Waals surface area contributed by atoms with Crippen LogP contribution in [0.4, 0.5) is 11.8 Å². The van der Waals surface area contributed by atoms with E-state index in [1.807, 2.05) is 24.4 Å². The van der Waals surface area contributed by atoms with E-state index >= 15 is 0 Å². The van der Waals surface area contributed by atoms with Crippen LogP contribution < -0.4 is 10.2 Å². The fraction of sp³-hybridized carbons (Fsp3) is 0.250. The normalized spacial score (nSPS) is 15.3. The fourth-order valence-corrected chi connectivity index (χ4v) is 2.07. The van der Waals surface area contributed by atoms with Gasteiger partial charge >= 0.3 is 0 Å². The first-order chi connectivity index (χ1) is 8.81. The van der Waals surface area contributed by atoms with Gasteiger partial charge in [-0.05, 0) is 28.1 Å². The molecule has 1 N–H and O–H groups in total. The molecule has 1 aliphatic heterocycles. The van der Waals surface area contributed by atoms with Crippen molar-refractivity contribution in [3.8, 4) is 0 Å². The summed E-state index contributed by atoms with van der Waals surface area (Å²) in [7, 11) is 0. The fourth-order valence-electron chi connectivity index (χ4n) is 1.87. The Balaban J connectivity index is 1.55.